The average molecular weight is 279 g/mol. The molecule has 1 aliphatic heterocycles. The number of aryl methyl sites for hydroxylation is 1. The Bertz CT molecular complexity index is 494. The first kappa shape index (κ1) is 12.8. The molecule has 2 rings (SSSR count). The zero-order valence-corrected chi connectivity index (χ0v) is 11.3. The van der Waals surface area contributed by atoms with Gasteiger partial charge in [-0.15, -0.1) is 0 Å². The van der Waals surface area contributed by atoms with Gasteiger partial charge in [0.2, 0.25) is 0 Å². The Hall–Kier alpha value is -0.630. The van der Waals surface area contributed by atoms with Crippen molar-refractivity contribution < 1.29 is 8.42 Å². The quantitative estimate of drug-likeness (QED) is 0.849. The second kappa shape index (κ2) is 4.56. The number of halogens is 1. The Kier molecular flexibility index (Phi) is 3.44. The van der Waals surface area contributed by atoms with Crippen molar-refractivity contribution in [1.29, 1.82) is 0 Å². The van der Waals surface area contributed by atoms with Crippen LogP contribution >= 0.6 is 11.6 Å². The highest BCUT2D eigenvalue weighted by Gasteiger charge is 2.35. The van der Waals surface area contributed by atoms with Gasteiger partial charge in [0.1, 0.15) is 0 Å². The Balaban J connectivity index is 2.32. The van der Waals surface area contributed by atoms with E-state index in [2.05, 4.69) is 10.4 Å². The van der Waals surface area contributed by atoms with E-state index in [1.807, 2.05) is 7.05 Å². The van der Waals surface area contributed by atoms with Gasteiger partial charge in [0, 0.05) is 26.2 Å². The predicted octanol–water partition coefficient (Wildman–Crippen LogP) is 0.0559. The molecule has 1 aliphatic rings. The lowest BCUT2D eigenvalue weighted by atomic mass is 10.3. The highest BCUT2D eigenvalue weighted by Crippen LogP contribution is 2.26. The lowest BCUT2D eigenvalue weighted by Gasteiger charge is -2.16. The van der Waals surface area contributed by atoms with Crippen LogP contribution in [0.3, 0.4) is 0 Å². The van der Waals surface area contributed by atoms with Crippen molar-refractivity contribution in [3.63, 3.8) is 0 Å². The minimum Gasteiger partial charge on any atom is -0.316 e. The summed E-state index contributed by atoms with van der Waals surface area (Å²) < 4.78 is 27.4. The topological polar surface area (TPSA) is 67.2 Å². The number of hydrogen-bond donors (Lipinski definition) is 1. The lowest BCUT2D eigenvalue weighted by molar-refractivity contribution is 0.456. The molecule has 1 aromatic rings. The van der Waals surface area contributed by atoms with Gasteiger partial charge >= 0.3 is 0 Å². The van der Waals surface area contributed by atoms with E-state index >= 15 is 0 Å². The van der Waals surface area contributed by atoms with Crippen LogP contribution in [-0.2, 0) is 17.1 Å². The number of likely N-dealkylation sites (N-methyl/N-ethyl adjacent to an activating group) is 1. The third-order valence-corrected chi connectivity index (χ3v) is 5.36. The Labute approximate surface area is 106 Å². The van der Waals surface area contributed by atoms with Gasteiger partial charge in [-0.1, -0.05) is 11.6 Å². The van der Waals surface area contributed by atoms with Crippen LogP contribution in [0.25, 0.3) is 0 Å². The first-order valence-electron chi connectivity index (χ1n) is 5.31. The molecule has 2 heterocycles. The number of nitrogens with one attached hydrogen (secondary N) is 1. The van der Waals surface area contributed by atoms with Crippen LogP contribution in [0.4, 0.5) is 0 Å². The van der Waals surface area contributed by atoms with Crippen LogP contribution in [0.15, 0.2) is 11.2 Å². The molecule has 0 amide bonds. The molecule has 0 radical (unpaired) electrons. The summed E-state index contributed by atoms with van der Waals surface area (Å²) in [6.45, 7) is 0.982. The zero-order valence-electron chi connectivity index (χ0n) is 9.72. The monoisotopic (exact) mass is 278 g/mol. The van der Waals surface area contributed by atoms with E-state index in [1.54, 1.807) is 7.05 Å². The first-order valence-corrected chi connectivity index (χ1v) is 7.13. The Morgan fingerprint density at radius 3 is 2.76 bits per heavy atom. The highest BCUT2D eigenvalue weighted by molar-refractivity contribution is 7.89. The van der Waals surface area contributed by atoms with Gasteiger partial charge < -0.3 is 5.32 Å². The third-order valence-electron chi connectivity index (χ3n) is 2.99. The van der Waals surface area contributed by atoms with Crippen LogP contribution in [0.1, 0.15) is 6.42 Å². The summed E-state index contributed by atoms with van der Waals surface area (Å²) in [7, 11) is -0.133. The van der Waals surface area contributed by atoms with Crippen molar-refractivity contribution in [3.05, 3.63) is 11.2 Å². The van der Waals surface area contributed by atoms with Crippen LogP contribution in [-0.4, -0.2) is 48.7 Å². The molecule has 6 nitrogen and oxygen atoms in total. The van der Waals surface area contributed by atoms with Crippen molar-refractivity contribution >= 4 is 21.6 Å². The zero-order chi connectivity index (χ0) is 12.6. The van der Waals surface area contributed by atoms with Crippen LogP contribution in [0.2, 0.25) is 5.02 Å². The molecule has 8 heteroatoms. The molecule has 1 N–H and O–H groups in total. The number of hydrogen-bond acceptors (Lipinski definition) is 4. The van der Waals surface area contributed by atoms with E-state index in [4.69, 9.17) is 11.6 Å². The van der Waals surface area contributed by atoms with Gasteiger partial charge in [-0.3, -0.25) is 4.68 Å². The van der Waals surface area contributed by atoms with E-state index in [9.17, 15) is 8.42 Å². The molecule has 0 saturated carbocycles. The fourth-order valence-electron chi connectivity index (χ4n) is 1.99. The maximum atomic E-state index is 12.4. The van der Waals surface area contributed by atoms with E-state index in [0.717, 1.165) is 6.42 Å². The van der Waals surface area contributed by atoms with Gasteiger partial charge in [-0.05, 0) is 13.5 Å². The highest BCUT2D eigenvalue weighted by atomic mass is 35.5. The molecular formula is C9H15ClN4O2S. The van der Waals surface area contributed by atoms with Crippen molar-refractivity contribution in [2.24, 2.45) is 7.05 Å². The summed E-state index contributed by atoms with van der Waals surface area (Å²) in [5.41, 5.74) is 0. The number of nitrogens with zero attached hydrogens (tertiary/aromatic N) is 3. The SMILES string of the molecule is CNC1CCN(S(=O)(=O)c2c(Cl)cnn2C)C1. The largest absolute Gasteiger partial charge is 0.316 e. The third kappa shape index (κ3) is 2.20. The smallest absolute Gasteiger partial charge is 0.261 e. The molecule has 1 unspecified atom stereocenters. The molecule has 17 heavy (non-hydrogen) atoms. The predicted molar refractivity (Wildman–Crippen MR) is 64.4 cm³/mol. The van der Waals surface area contributed by atoms with Gasteiger partial charge in [-0.25, -0.2) is 8.42 Å². The van der Waals surface area contributed by atoms with Crippen LogP contribution in [0.5, 0.6) is 0 Å². The molecular weight excluding hydrogens is 264 g/mol. The second-order valence-corrected chi connectivity index (χ2v) is 6.32. The molecule has 1 aromatic heterocycles. The van der Waals surface area contributed by atoms with Gasteiger partial charge in [0.15, 0.2) is 5.03 Å². The maximum absolute atomic E-state index is 12.4. The van der Waals surface area contributed by atoms with Crippen molar-refractivity contribution in [3.8, 4) is 0 Å². The minimum absolute atomic E-state index is 0.0657. The van der Waals surface area contributed by atoms with Gasteiger partial charge in [0.25, 0.3) is 10.0 Å². The van der Waals surface area contributed by atoms with Crippen molar-refractivity contribution in [2.45, 2.75) is 17.5 Å². The molecule has 0 bridgehead atoms. The minimum atomic E-state index is -3.54. The number of rotatable bonds is 3. The molecule has 0 spiro atoms. The molecule has 0 aromatic carbocycles. The Morgan fingerprint density at radius 1 is 1.59 bits per heavy atom. The second-order valence-electron chi connectivity index (χ2n) is 4.06. The van der Waals surface area contributed by atoms with E-state index in [1.165, 1.54) is 15.2 Å². The summed E-state index contributed by atoms with van der Waals surface area (Å²) in [5, 5.41) is 7.17. The van der Waals surface area contributed by atoms with Gasteiger partial charge in [-0.2, -0.15) is 9.40 Å². The van der Waals surface area contributed by atoms with E-state index in [0.29, 0.717) is 13.1 Å². The fourth-order valence-corrected chi connectivity index (χ4v) is 4.10. The summed E-state index contributed by atoms with van der Waals surface area (Å²) in [6.07, 6.45) is 2.16. The molecule has 1 saturated heterocycles. The van der Waals surface area contributed by atoms with Gasteiger partial charge in [0.05, 0.1) is 11.2 Å². The summed E-state index contributed by atoms with van der Waals surface area (Å²) in [5.74, 6) is 0. The molecule has 1 atom stereocenters. The van der Waals surface area contributed by atoms with E-state index < -0.39 is 10.0 Å². The van der Waals surface area contributed by atoms with Crippen molar-refractivity contribution in [2.75, 3.05) is 20.1 Å². The van der Waals surface area contributed by atoms with Crippen molar-refractivity contribution in [1.82, 2.24) is 19.4 Å². The molecule has 0 aliphatic carbocycles. The number of sulfonamides is 1. The molecule has 1 fully saturated rings. The standard InChI is InChI=1S/C9H15ClN4O2S/c1-11-7-3-4-14(6-7)17(15,16)9-8(10)5-12-13(9)2/h5,7,11H,3-4,6H2,1-2H3. The number of aromatic nitrogens is 2. The normalized spacial score (nSPS) is 22.2. The van der Waals surface area contributed by atoms with Crippen LogP contribution < -0.4 is 5.32 Å². The maximum Gasteiger partial charge on any atom is 0.261 e. The lowest BCUT2D eigenvalue weighted by Crippen LogP contribution is -2.34. The van der Waals surface area contributed by atoms with Crippen LogP contribution in [0, 0.1) is 0 Å². The van der Waals surface area contributed by atoms with E-state index in [-0.39, 0.29) is 16.1 Å². The fraction of sp³-hybridized carbons (Fsp3) is 0.667. The first-order chi connectivity index (χ1) is 7.96. The molecule has 96 valence electrons. The summed E-state index contributed by atoms with van der Waals surface area (Å²) >= 11 is 5.87. The Morgan fingerprint density at radius 2 is 2.29 bits per heavy atom. The average Bonchev–Trinajstić information content (AvgIpc) is 2.85. The summed E-state index contributed by atoms with van der Waals surface area (Å²) in [6, 6.07) is 0.205. The summed E-state index contributed by atoms with van der Waals surface area (Å²) in [4.78, 5) is 0.